The molecule has 0 amide bonds. The summed E-state index contributed by atoms with van der Waals surface area (Å²) < 4.78 is 13.0. The van der Waals surface area contributed by atoms with Gasteiger partial charge in [0.1, 0.15) is 5.82 Å². The Morgan fingerprint density at radius 2 is 1.95 bits per heavy atom. The minimum absolute atomic E-state index is 0.108. The third-order valence-corrected chi connectivity index (χ3v) is 5.15. The van der Waals surface area contributed by atoms with Crippen LogP contribution in [0.5, 0.6) is 0 Å². The zero-order chi connectivity index (χ0) is 15.5. The Morgan fingerprint density at radius 3 is 2.68 bits per heavy atom. The Hall–Kier alpha value is -1.36. The molecule has 4 heteroatoms. The van der Waals surface area contributed by atoms with Gasteiger partial charge in [0.15, 0.2) is 0 Å². The maximum absolute atomic E-state index is 13.0. The first kappa shape index (κ1) is 15.5. The van der Waals surface area contributed by atoms with E-state index < -0.39 is 0 Å². The third-order valence-electron chi connectivity index (χ3n) is 4.05. The Bertz CT molecular complexity index is 644. The SMILES string of the molecule is Cc1ccc(Sc2ccc(F)cc2)c(C2CNCCC2O)c1. The summed E-state index contributed by atoms with van der Waals surface area (Å²) in [4.78, 5) is 2.13. The van der Waals surface area contributed by atoms with Gasteiger partial charge < -0.3 is 10.4 Å². The average molecular weight is 317 g/mol. The molecule has 2 nitrogen and oxygen atoms in total. The van der Waals surface area contributed by atoms with Crippen LogP contribution in [0.2, 0.25) is 0 Å². The van der Waals surface area contributed by atoms with E-state index in [1.807, 2.05) is 0 Å². The Kier molecular flexibility index (Phi) is 4.81. The van der Waals surface area contributed by atoms with Crippen molar-refractivity contribution in [3.05, 3.63) is 59.4 Å². The van der Waals surface area contributed by atoms with Crippen molar-refractivity contribution in [2.75, 3.05) is 13.1 Å². The molecule has 0 radical (unpaired) electrons. The van der Waals surface area contributed by atoms with Gasteiger partial charge in [-0.15, -0.1) is 0 Å². The van der Waals surface area contributed by atoms with Crippen molar-refractivity contribution >= 4 is 11.8 Å². The van der Waals surface area contributed by atoms with Crippen LogP contribution in [0, 0.1) is 12.7 Å². The van der Waals surface area contributed by atoms with Crippen LogP contribution in [0.4, 0.5) is 4.39 Å². The molecule has 2 aromatic rings. The van der Waals surface area contributed by atoms with Crippen molar-refractivity contribution in [2.45, 2.75) is 35.2 Å². The highest BCUT2D eigenvalue weighted by Gasteiger charge is 2.26. The van der Waals surface area contributed by atoms with Gasteiger partial charge >= 0.3 is 0 Å². The molecule has 0 aromatic heterocycles. The second-order valence-electron chi connectivity index (χ2n) is 5.76. The van der Waals surface area contributed by atoms with E-state index >= 15 is 0 Å². The number of hydrogen-bond acceptors (Lipinski definition) is 3. The molecule has 0 saturated carbocycles. The smallest absolute Gasteiger partial charge is 0.123 e. The molecule has 1 heterocycles. The highest BCUT2D eigenvalue weighted by molar-refractivity contribution is 7.99. The van der Waals surface area contributed by atoms with Gasteiger partial charge in [0.25, 0.3) is 0 Å². The summed E-state index contributed by atoms with van der Waals surface area (Å²) in [7, 11) is 0. The zero-order valence-corrected chi connectivity index (χ0v) is 13.4. The van der Waals surface area contributed by atoms with Gasteiger partial charge in [-0.3, -0.25) is 0 Å². The van der Waals surface area contributed by atoms with Crippen molar-refractivity contribution in [1.82, 2.24) is 5.32 Å². The van der Waals surface area contributed by atoms with Crippen molar-refractivity contribution in [3.63, 3.8) is 0 Å². The Balaban J connectivity index is 1.91. The van der Waals surface area contributed by atoms with Crippen molar-refractivity contribution in [3.8, 4) is 0 Å². The number of aliphatic hydroxyl groups is 1. The quantitative estimate of drug-likeness (QED) is 0.905. The van der Waals surface area contributed by atoms with Crippen LogP contribution in [0.25, 0.3) is 0 Å². The van der Waals surface area contributed by atoms with Gasteiger partial charge in [0, 0.05) is 22.3 Å². The first-order valence-corrected chi connectivity index (χ1v) is 8.38. The van der Waals surface area contributed by atoms with Crippen molar-refractivity contribution in [1.29, 1.82) is 0 Å². The van der Waals surface area contributed by atoms with E-state index in [1.165, 1.54) is 23.3 Å². The number of benzene rings is 2. The monoisotopic (exact) mass is 317 g/mol. The van der Waals surface area contributed by atoms with E-state index in [0.29, 0.717) is 0 Å². The van der Waals surface area contributed by atoms with E-state index in [9.17, 15) is 9.50 Å². The number of nitrogens with one attached hydrogen (secondary N) is 1. The lowest BCUT2D eigenvalue weighted by atomic mass is 9.88. The molecule has 22 heavy (non-hydrogen) atoms. The molecule has 0 bridgehead atoms. The normalized spacial score (nSPS) is 21.8. The summed E-state index contributed by atoms with van der Waals surface area (Å²) in [6, 6.07) is 12.9. The molecule has 0 spiro atoms. The van der Waals surface area contributed by atoms with Gasteiger partial charge in [0.2, 0.25) is 0 Å². The predicted molar refractivity (Wildman–Crippen MR) is 87.9 cm³/mol. The van der Waals surface area contributed by atoms with Crippen LogP contribution in [0.3, 0.4) is 0 Å². The Morgan fingerprint density at radius 1 is 1.18 bits per heavy atom. The fraction of sp³-hybridized carbons (Fsp3) is 0.333. The highest BCUT2D eigenvalue weighted by atomic mass is 32.2. The minimum Gasteiger partial charge on any atom is -0.392 e. The van der Waals surface area contributed by atoms with E-state index in [1.54, 1.807) is 23.9 Å². The number of halogens is 1. The molecular weight excluding hydrogens is 297 g/mol. The van der Waals surface area contributed by atoms with Crippen LogP contribution in [0.15, 0.2) is 52.3 Å². The first-order chi connectivity index (χ1) is 10.6. The van der Waals surface area contributed by atoms with Crippen LogP contribution >= 0.6 is 11.8 Å². The summed E-state index contributed by atoms with van der Waals surface area (Å²) in [5.74, 6) is -0.114. The molecule has 2 atom stereocenters. The molecule has 3 rings (SSSR count). The summed E-state index contributed by atoms with van der Waals surface area (Å²) in [6.07, 6.45) is 0.467. The topological polar surface area (TPSA) is 32.3 Å². The number of rotatable bonds is 3. The zero-order valence-electron chi connectivity index (χ0n) is 12.6. The van der Waals surface area contributed by atoms with Crippen LogP contribution < -0.4 is 5.32 Å². The van der Waals surface area contributed by atoms with E-state index in [2.05, 4.69) is 30.4 Å². The number of aliphatic hydroxyl groups excluding tert-OH is 1. The fourth-order valence-corrected chi connectivity index (χ4v) is 3.83. The standard InChI is InChI=1S/C18H20FNOS/c1-12-2-7-18(22-14-5-3-13(19)4-6-14)15(10-12)16-11-20-9-8-17(16)21/h2-7,10,16-17,20-21H,8-9,11H2,1H3. The van der Waals surface area contributed by atoms with Gasteiger partial charge in [0.05, 0.1) is 6.10 Å². The molecule has 1 aliphatic heterocycles. The van der Waals surface area contributed by atoms with Gasteiger partial charge in [-0.25, -0.2) is 4.39 Å². The number of piperidine rings is 1. The first-order valence-electron chi connectivity index (χ1n) is 7.56. The molecule has 1 aliphatic rings. The lowest BCUT2D eigenvalue weighted by molar-refractivity contribution is 0.113. The summed E-state index contributed by atoms with van der Waals surface area (Å²) in [5, 5.41) is 13.7. The highest BCUT2D eigenvalue weighted by Crippen LogP contribution is 2.37. The largest absolute Gasteiger partial charge is 0.392 e. The maximum atomic E-state index is 13.0. The van der Waals surface area contributed by atoms with Crippen LogP contribution in [0.1, 0.15) is 23.5 Å². The van der Waals surface area contributed by atoms with Gasteiger partial charge in [-0.1, -0.05) is 29.5 Å². The summed E-state index contributed by atoms with van der Waals surface area (Å²) >= 11 is 1.62. The minimum atomic E-state index is -0.310. The molecule has 1 fully saturated rings. The molecule has 2 N–H and O–H groups in total. The second kappa shape index (κ2) is 6.82. The van der Waals surface area contributed by atoms with E-state index in [4.69, 9.17) is 0 Å². The lowest BCUT2D eigenvalue weighted by Gasteiger charge is -2.30. The van der Waals surface area contributed by atoms with Gasteiger partial charge in [-0.05, 0) is 55.8 Å². The van der Waals surface area contributed by atoms with Gasteiger partial charge in [-0.2, -0.15) is 0 Å². The number of hydrogen-bond donors (Lipinski definition) is 2. The average Bonchev–Trinajstić information content (AvgIpc) is 2.52. The second-order valence-corrected chi connectivity index (χ2v) is 6.88. The third kappa shape index (κ3) is 3.51. The summed E-state index contributed by atoms with van der Waals surface area (Å²) in [6.45, 7) is 3.73. The lowest BCUT2D eigenvalue weighted by Crippen LogP contribution is -2.38. The van der Waals surface area contributed by atoms with Crippen LogP contribution in [-0.4, -0.2) is 24.3 Å². The number of aryl methyl sites for hydroxylation is 1. The van der Waals surface area contributed by atoms with E-state index in [-0.39, 0.29) is 17.8 Å². The molecule has 2 unspecified atom stereocenters. The Labute approximate surface area is 134 Å². The molecule has 0 aliphatic carbocycles. The molecule has 116 valence electrons. The fourth-order valence-electron chi connectivity index (χ4n) is 2.84. The van der Waals surface area contributed by atoms with Crippen LogP contribution in [-0.2, 0) is 0 Å². The molecular formula is C18H20FNOS. The van der Waals surface area contributed by atoms with Crippen molar-refractivity contribution < 1.29 is 9.50 Å². The van der Waals surface area contributed by atoms with E-state index in [0.717, 1.165) is 29.3 Å². The molecule has 2 aromatic carbocycles. The van der Waals surface area contributed by atoms with Crippen molar-refractivity contribution in [2.24, 2.45) is 0 Å². The predicted octanol–water partition coefficient (Wildman–Crippen LogP) is 3.72. The molecule has 1 saturated heterocycles. The maximum Gasteiger partial charge on any atom is 0.123 e. The summed E-state index contributed by atoms with van der Waals surface area (Å²) in [5.41, 5.74) is 2.37.